The van der Waals surface area contributed by atoms with Crippen LogP contribution in [0.4, 0.5) is 14.1 Å². The molecule has 0 aliphatic rings. The van der Waals surface area contributed by atoms with Crippen LogP contribution in [-0.4, -0.2) is 0 Å². The number of hydrogen-bond acceptors (Lipinski definition) is 0. The van der Waals surface area contributed by atoms with E-state index in [1.807, 2.05) is 36.4 Å². The average Bonchev–Trinajstić information content (AvgIpc) is 1.72. The summed E-state index contributed by atoms with van der Waals surface area (Å²) in [5.41, 5.74) is 0. The Morgan fingerprint density at radius 2 is 0.444 bits per heavy atom. The Balaban J connectivity index is -0.000000120. The van der Waals surface area contributed by atoms with E-state index in [0.29, 0.717) is 0 Å². The van der Waals surface area contributed by atoms with E-state index >= 15 is 0 Å². The van der Waals surface area contributed by atoms with Crippen molar-refractivity contribution in [2.75, 3.05) is 0 Å². The average molecular weight is 138 g/mol. The summed E-state index contributed by atoms with van der Waals surface area (Å²) in [5.74, 6) is 0. The molecule has 0 aliphatic heterocycles. The molecule has 0 saturated heterocycles. The number of halogens is 3. The predicted octanol–water partition coefficient (Wildman–Crippen LogP) is 2.14. The molecule has 0 nitrogen and oxygen atoms in total. The Labute approximate surface area is 51.6 Å². The molecule has 0 bridgehead atoms. The third kappa shape index (κ3) is 7.01. The zero-order chi connectivity index (χ0) is 4.24. The van der Waals surface area contributed by atoms with Crippen molar-refractivity contribution in [3.05, 3.63) is 36.4 Å². The molecule has 0 fully saturated rings. The molecule has 0 unspecified atom stereocenters. The highest BCUT2D eigenvalue weighted by atomic mass is 19.0. The normalized spacial score (nSPS) is 5.33. The smallest absolute Gasteiger partial charge is 0.0623 e. The van der Waals surface area contributed by atoms with Gasteiger partial charge in [-0.15, -0.1) is 0 Å². The van der Waals surface area contributed by atoms with Crippen molar-refractivity contribution in [1.29, 1.82) is 0 Å². The van der Waals surface area contributed by atoms with Crippen LogP contribution in [-0.2, 0) is 0 Å². The van der Waals surface area contributed by atoms with Crippen LogP contribution >= 0.6 is 0 Å². The molecule has 0 aliphatic carbocycles. The SMILES string of the molecule is F.F.F.c1ccccc1. The van der Waals surface area contributed by atoms with Crippen LogP contribution in [0.5, 0.6) is 0 Å². The van der Waals surface area contributed by atoms with Gasteiger partial charge in [-0.05, 0) is 0 Å². The van der Waals surface area contributed by atoms with E-state index in [-0.39, 0.29) is 14.1 Å². The molecular formula is C6H9F3. The topological polar surface area (TPSA) is 0 Å². The van der Waals surface area contributed by atoms with E-state index in [4.69, 9.17) is 0 Å². The van der Waals surface area contributed by atoms with E-state index in [0.717, 1.165) is 0 Å². The van der Waals surface area contributed by atoms with Gasteiger partial charge >= 0.3 is 0 Å². The van der Waals surface area contributed by atoms with Gasteiger partial charge in [-0.25, -0.2) is 0 Å². The molecule has 1 aromatic carbocycles. The Bertz CT molecular complexity index is 80.2. The Hall–Kier alpha value is -0.990. The summed E-state index contributed by atoms with van der Waals surface area (Å²) in [7, 11) is 0. The molecule has 1 aromatic rings. The van der Waals surface area contributed by atoms with Crippen LogP contribution in [0, 0.1) is 0 Å². The van der Waals surface area contributed by atoms with E-state index in [1.54, 1.807) is 0 Å². The maximum absolute atomic E-state index is 2.00. The molecule has 0 N–H and O–H groups in total. The first-order valence-electron chi connectivity index (χ1n) is 2.00. The van der Waals surface area contributed by atoms with Crippen LogP contribution in [0.3, 0.4) is 0 Å². The molecule has 0 aromatic heterocycles. The highest BCUT2D eigenvalue weighted by Crippen LogP contribution is 1.79. The third-order valence-electron chi connectivity index (χ3n) is 0.667. The van der Waals surface area contributed by atoms with E-state index in [1.165, 1.54) is 0 Å². The van der Waals surface area contributed by atoms with Gasteiger partial charge in [0.05, 0.1) is 0 Å². The fraction of sp³-hybridized carbons (Fsp3) is 0. The van der Waals surface area contributed by atoms with E-state index in [9.17, 15) is 0 Å². The molecule has 3 heteroatoms. The van der Waals surface area contributed by atoms with Crippen LogP contribution in [0.2, 0.25) is 0 Å². The summed E-state index contributed by atoms with van der Waals surface area (Å²) in [6.07, 6.45) is 0. The Morgan fingerprint density at radius 3 is 0.556 bits per heavy atom. The largest absolute Gasteiger partial charge is 0.269 e. The molecular weight excluding hydrogens is 129 g/mol. The van der Waals surface area contributed by atoms with Crippen LogP contribution in [0.1, 0.15) is 0 Å². The lowest BCUT2D eigenvalue weighted by atomic mass is 10.4. The van der Waals surface area contributed by atoms with Crippen LogP contribution in [0.15, 0.2) is 36.4 Å². The Morgan fingerprint density at radius 1 is 0.333 bits per heavy atom. The first kappa shape index (κ1) is 15.7. The molecule has 0 spiro atoms. The molecule has 0 saturated carbocycles. The van der Waals surface area contributed by atoms with Gasteiger partial charge in [-0.2, -0.15) is 0 Å². The lowest BCUT2D eigenvalue weighted by molar-refractivity contribution is 1.11. The van der Waals surface area contributed by atoms with Gasteiger partial charge in [-0.3, -0.25) is 14.1 Å². The zero-order valence-electron chi connectivity index (χ0n) is 4.69. The lowest BCUT2D eigenvalue weighted by Crippen LogP contribution is -1.47. The summed E-state index contributed by atoms with van der Waals surface area (Å²) in [4.78, 5) is 0. The second kappa shape index (κ2) is 10.1. The summed E-state index contributed by atoms with van der Waals surface area (Å²) >= 11 is 0. The van der Waals surface area contributed by atoms with Crippen molar-refractivity contribution in [3.63, 3.8) is 0 Å². The number of hydrogen-bond donors (Lipinski definition) is 0. The molecule has 0 radical (unpaired) electrons. The van der Waals surface area contributed by atoms with E-state index < -0.39 is 0 Å². The van der Waals surface area contributed by atoms with Crippen LogP contribution < -0.4 is 0 Å². The van der Waals surface area contributed by atoms with Crippen molar-refractivity contribution in [3.8, 4) is 0 Å². The Kier molecular flexibility index (Phi) is 17.6. The molecule has 0 heterocycles. The van der Waals surface area contributed by atoms with E-state index in [2.05, 4.69) is 0 Å². The number of rotatable bonds is 0. The minimum Gasteiger partial charge on any atom is -0.269 e. The molecule has 54 valence electrons. The van der Waals surface area contributed by atoms with Gasteiger partial charge in [0.2, 0.25) is 0 Å². The second-order valence-electron chi connectivity index (χ2n) is 1.15. The van der Waals surface area contributed by atoms with Gasteiger partial charge < -0.3 is 0 Å². The minimum atomic E-state index is 0. The summed E-state index contributed by atoms with van der Waals surface area (Å²) < 4.78 is 0. The lowest BCUT2D eigenvalue weighted by Gasteiger charge is -1.69. The number of benzene rings is 1. The third-order valence-corrected chi connectivity index (χ3v) is 0.667. The standard InChI is InChI=1S/C6H6.3FH/c1-2-4-6-5-3-1;;;/h1-6H;3*1H. The summed E-state index contributed by atoms with van der Waals surface area (Å²) in [6, 6.07) is 12.0. The first-order chi connectivity index (χ1) is 3.00. The van der Waals surface area contributed by atoms with Crippen molar-refractivity contribution in [2.45, 2.75) is 0 Å². The first-order valence-corrected chi connectivity index (χ1v) is 2.00. The summed E-state index contributed by atoms with van der Waals surface area (Å²) in [5, 5.41) is 0. The fourth-order valence-electron chi connectivity index (χ4n) is 0.385. The van der Waals surface area contributed by atoms with Gasteiger partial charge in [0.15, 0.2) is 0 Å². The fourth-order valence-corrected chi connectivity index (χ4v) is 0.385. The maximum Gasteiger partial charge on any atom is -0.0623 e. The van der Waals surface area contributed by atoms with Gasteiger partial charge in [0.1, 0.15) is 0 Å². The molecule has 0 amide bonds. The van der Waals surface area contributed by atoms with Crippen molar-refractivity contribution in [1.82, 2.24) is 0 Å². The highest BCUT2D eigenvalue weighted by molar-refractivity contribution is 4.99. The van der Waals surface area contributed by atoms with Crippen molar-refractivity contribution < 1.29 is 14.1 Å². The second-order valence-corrected chi connectivity index (χ2v) is 1.15. The molecule has 9 heavy (non-hydrogen) atoms. The summed E-state index contributed by atoms with van der Waals surface area (Å²) in [6.45, 7) is 0. The minimum absolute atomic E-state index is 0. The quantitative estimate of drug-likeness (QED) is 0.515. The maximum atomic E-state index is 2.00. The van der Waals surface area contributed by atoms with Crippen LogP contribution in [0.25, 0.3) is 0 Å². The van der Waals surface area contributed by atoms with Gasteiger partial charge in [-0.1, -0.05) is 36.4 Å². The zero-order valence-corrected chi connectivity index (χ0v) is 4.69. The molecule has 0 atom stereocenters. The van der Waals surface area contributed by atoms with Gasteiger partial charge in [0.25, 0.3) is 0 Å². The van der Waals surface area contributed by atoms with Gasteiger partial charge in [0, 0.05) is 0 Å². The molecule has 1 rings (SSSR count). The predicted molar refractivity (Wildman–Crippen MR) is 34.0 cm³/mol. The highest BCUT2D eigenvalue weighted by Gasteiger charge is 1.57. The monoisotopic (exact) mass is 138 g/mol. The van der Waals surface area contributed by atoms with Crippen molar-refractivity contribution in [2.24, 2.45) is 0 Å². The van der Waals surface area contributed by atoms with Crippen molar-refractivity contribution >= 4 is 0 Å².